The van der Waals surface area contributed by atoms with Crippen LogP contribution in [-0.4, -0.2) is 44.5 Å². The lowest BCUT2D eigenvalue weighted by Crippen LogP contribution is -2.24. The number of carbonyl (C=O) groups excluding carboxylic acids is 1. The fourth-order valence-electron chi connectivity index (χ4n) is 4.93. The lowest BCUT2D eigenvalue weighted by Gasteiger charge is -2.22. The van der Waals surface area contributed by atoms with Crippen molar-refractivity contribution in [3.05, 3.63) is 29.7 Å². The number of aryl methyl sites for hydroxylation is 2. The van der Waals surface area contributed by atoms with E-state index in [0.29, 0.717) is 0 Å². The van der Waals surface area contributed by atoms with Crippen molar-refractivity contribution in [3.63, 3.8) is 0 Å². The molecule has 1 unspecified atom stereocenters. The van der Waals surface area contributed by atoms with Crippen molar-refractivity contribution in [2.75, 3.05) is 38.7 Å². The van der Waals surface area contributed by atoms with Crippen LogP contribution in [0.2, 0.25) is 0 Å². The molecule has 32 heavy (non-hydrogen) atoms. The van der Waals surface area contributed by atoms with Gasteiger partial charge in [0.2, 0.25) is 5.91 Å². The number of aromatic nitrogens is 1. The van der Waals surface area contributed by atoms with Crippen LogP contribution in [0.15, 0.2) is 22.7 Å². The van der Waals surface area contributed by atoms with Crippen molar-refractivity contribution in [3.8, 4) is 16.9 Å². The number of nitrogens with zero attached hydrogens (tertiary/aromatic N) is 1. The van der Waals surface area contributed by atoms with E-state index >= 15 is 0 Å². The van der Waals surface area contributed by atoms with Crippen molar-refractivity contribution in [2.45, 2.75) is 52.4 Å². The summed E-state index contributed by atoms with van der Waals surface area (Å²) in [5, 5.41) is 10.4. The van der Waals surface area contributed by atoms with Crippen molar-refractivity contribution < 1.29 is 18.8 Å². The molecule has 2 aliphatic heterocycles. The molecule has 1 aromatic heterocycles. The number of methoxy groups -OCH3 is 1. The first-order valence-electron chi connectivity index (χ1n) is 11.7. The summed E-state index contributed by atoms with van der Waals surface area (Å²) in [4.78, 5) is 12.7. The predicted molar refractivity (Wildman–Crippen MR) is 124 cm³/mol. The van der Waals surface area contributed by atoms with Gasteiger partial charge < -0.3 is 24.6 Å². The van der Waals surface area contributed by atoms with Gasteiger partial charge in [0.1, 0.15) is 11.5 Å². The van der Waals surface area contributed by atoms with E-state index in [1.165, 1.54) is 32.4 Å². The molecule has 7 nitrogen and oxygen atoms in total. The minimum absolute atomic E-state index is 0.0935. The van der Waals surface area contributed by atoms with Gasteiger partial charge in [-0.05, 0) is 82.7 Å². The zero-order valence-corrected chi connectivity index (χ0v) is 19.5. The van der Waals surface area contributed by atoms with E-state index in [9.17, 15) is 4.79 Å². The number of hydrogen-bond donors (Lipinski definition) is 2. The summed E-state index contributed by atoms with van der Waals surface area (Å²) in [5.41, 5.74) is 3.51. The van der Waals surface area contributed by atoms with E-state index in [2.05, 4.69) is 15.8 Å². The summed E-state index contributed by atoms with van der Waals surface area (Å²) < 4.78 is 16.2. The first-order valence-corrected chi connectivity index (χ1v) is 11.7. The predicted octanol–water partition coefficient (Wildman–Crippen LogP) is 4.48. The van der Waals surface area contributed by atoms with Crippen LogP contribution in [-0.2, 0) is 9.53 Å². The summed E-state index contributed by atoms with van der Waals surface area (Å²) in [6.45, 7) is 7.81. The maximum Gasteiger partial charge on any atom is 0.228 e. The van der Waals surface area contributed by atoms with E-state index in [1.807, 2.05) is 32.0 Å². The molecule has 2 saturated heterocycles. The summed E-state index contributed by atoms with van der Waals surface area (Å²) in [7, 11) is 1.63. The van der Waals surface area contributed by atoms with Crippen molar-refractivity contribution in [2.24, 2.45) is 11.3 Å². The lowest BCUT2D eigenvalue weighted by atomic mass is 9.93. The molecule has 1 aromatic carbocycles. The van der Waals surface area contributed by atoms with Gasteiger partial charge in [-0.3, -0.25) is 4.79 Å². The van der Waals surface area contributed by atoms with E-state index in [4.69, 9.17) is 14.0 Å². The second-order valence-electron chi connectivity index (χ2n) is 9.15. The zero-order valence-electron chi connectivity index (χ0n) is 19.5. The molecule has 2 N–H and O–H groups in total. The van der Waals surface area contributed by atoms with Crippen molar-refractivity contribution in [1.29, 1.82) is 0 Å². The van der Waals surface area contributed by atoms with Gasteiger partial charge in [0.15, 0.2) is 0 Å². The summed E-state index contributed by atoms with van der Waals surface area (Å²) in [5.74, 6) is 1.65. The van der Waals surface area contributed by atoms with Gasteiger partial charge >= 0.3 is 0 Å². The third-order valence-corrected chi connectivity index (χ3v) is 6.97. The van der Waals surface area contributed by atoms with Gasteiger partial charge in [-0.25, -0.2) is 0 Å². The zero-order chi connectivity index (χ0) is 22.6. The molecule has 3 fully saturated rings. The Hall–Kier alpha value is -2.38. The first-order chi connectivity index (χ1) is 15.5. The molecule has 3 heterocycles. The third-order valence-electron chi connectivity index (χ3n) is 6.97. The van der Waals surface area contributed by atoms with Gasteiger partial charge in [-0.1, -0.05) is 11.6 Å². The fourth-order valence-corrected chi connectivity index (χ4v) is 4.93. The van der Waals surface area contributed by atoms with Crippen molar-refractivity contribution in [1.82, 2.24) is 10.5 Å². The monoisotopic (exact) mass is 441 g/mol. The number of benzene rings is 1. The normalized spacial score (nSPS) is 21.4. The molecule has 3 aliphatic rings. The van der Waals surface area contributed by atoms with Crippen LogP contribution in [0.4, 0.5) is 5.69 Å². The molecule has 174 valence electrons. The Kier molecular flexibility index (Phi) is 7.16. The molecule has 0 bridgehead atoms. The van der Waals surface area contributed by atoms with Gasteiger partial charge in [0.05, 0.1) is 18.4 Å². The summed E-state index contributed by atoms with van der Waals surface area (Å²) >= 11 is 0. The summed E-state index contributed by atoms with van der Waals surface area (Å²) in [6, 6.07) is 5.67. The number of piperidine rings is 1. The van der Waals surface area contributed by atoms with Gasteiger partial charge in [0, 0.05) is 30.4 Å². The van der Waals surface area contributed by atoms with Gasteiger partial charge in [-0.15, -0.1) is 0 Å². The van der Waals surface area contributed by atoms with E-state index in [1.54, 1.807) is 7.11 Å². The smallest absolute Gasteiger partial charge is 0.228 e. The highest BCUT2D eigenvalue weighted by molar-refractivity contribution is 5.96. The van der Waals surface area contributed by atoms with Gasteiger partial charge in [0.25, 0.3) is 0 Å². The minimum atomic E-state index is 0.0935. The highest BCUT2D eigenvalue weighted by Crippen LogP contribution is 2.59. The number of ether oxygens (including phenoxy) is 2. The Morgan fingerprint density at radius 2 is 1.94 bits per heavy atom. The fraction of sp³-hybridized carbons (Fsp3) is 0.600. The minimum Gasteiger partial charge on any atom is -0.496 e. The molecule has 1 saturated carbocycles. The Morgan fingerprint density at radius 3 is 2.50 bits per heavy atom. The molecular weight excluding hydrogens is 406 g/mol. The van der Waals surface area contributed by atoms with E-state index in [-0.39, 0.29) is 17.2 Å². The highest BCUT2D eigenvalue weighted by Gasteiger charge is 2.57. The van der Waals surface area contributed by atoms with Gasteiger partial charge in [-0.2, -0.15) is 0 Å². The number of rotatable bonds is 4. The van der Waals surface area contributed by atoms with Crippen LogP contribution in [0.25, 0.3) is 11.1 Å². The van der Waals surface area contributed by atoms with Crippen LogP contribution in [0.5, 0.6) is 5.75 Å². The highest BCUT2D eigenvalue weighted by atomic mass is 16.5. The van der Waals surface area contributed by atoms with Crippen LogP contribution in [0.1, 0.15) is 50.0 Å². The quantitative estimate of drug-likeness (QED) is 0.728. The SMILES string of the molecule is C1CCNCC1.COc1ccc(NC(=O)C2CC23CCOCC3)cc1-c1c(C)noc1C. The molecule has 5 rings (SSSR count). The molecule has 0 radical (unpaired) electrons. The lowest BCUT2D eigenvalue weighted by molar-refractivity contribution is -0.118. The Morgan fingerprint density at radius 1 is 1.19 bits per heavy atom. The molecule has 1 amide bonds. The Balaban J connectivity index is 0.000000354. The third kappa shape index (κ3) is 4.99. The second-order valence-corrected chi connectivity index (χ2v) is 9.15. The Bertz CT molecular complexity index is 898. The van der Waals surface area contributed by atoms with Crippen LogP contribution >= 0.6 is 0 Å². The average molecular weight is 442 g/mol. The average Bonchev–Trinajstić information content (AvgIpc) is 3.41. The molecule has 1 atom stereocenters. The standard InChI is InChI=1S/C20H24N2O4.C5H11N/c1-12-18(13(2)26-22-12)15-10-14(4-5-17(15)24-3)21-19(23)16-11-20(16)6-8-25-9-7-20;1-2-4-6-5-3-1/h4-5,10,16H,6-9,11H2,1-3H3,(H,21,23);6H,1-5H2. The maximum absolute atomic E-state index is 12.7. The van der Waals surface area contributed by atoms with E-state index < -0.39 is 0 Å². The molecular formula is C25H35N3O4. The largest absolute Gasteiger partial charge is 0.496 e. The first kappa shape index (κ1) is 22.8. The maximum atomic E-state index is 12.7. The topological polar surface area (TPSA) is 85.6 Å². The van der Waals surface area contributed by atoms with Crippen LogP contribution in [0, 0.1) is 25.2 Å². The number of anilines is 1. The molecule has 2 aromatic rings. The molecule has 1 aliphatic carbocycles. The number of hydrogen-bond acceptors (Lipinski definition) is 6. The molecule has 1 spiro atoms. The van der Waals surface area contributed by atoms with Crippen LogP contribution in [0.3, 0.4) is 0 Å². The summed E-state index contributed by atoms with van der Waals surface area (Å²) in [6.07, 6.45) is 7.15. The van der Waals surface area contributed by atoms with Crippen molar-refractivity contribution >= 4 is 11.6 Å². The Labute approximate surface area is 190 Å². The van der Waals surface area contributed by atoms with Crippen LogP contribution < -0.4 is 15.4 Å². The van der Waals surface area contributed by atoms with E-state index in [0.717, 1.165) is 66.5 Å². The second kappa shape index (κ2) is 10.0. The number of amides is 1. The number of nitrogens with one attached hydrogen (secondary N) is 2. The molecule has 7 heteroatoms. The number of carbonyl (C=O) groups is 1.